The molecular weight excluding hydrogens is 562 g/mol. The summed E-state index contributed by atoms with van der Waals surface area (Å²) < 4.78 is 2.04. The number of benzene rings is 1. The van der Waals surface area contributed by atoms with Crippen LogP contribution < -0.4 is 10.6 Å². The van der Waals surface area contributed by atoms with Gasteiger partial charge in [-0.15, -0.1) is 6.58 Å². The molecule has 0 aliphatic heterocycles. The van der Waals surface area contributed by atoms with E-state index in [4.69, 9.17) is 0 Å². The van der Waals surface area contributed by atoms with E-state index >= 15 is 0 Å². The number of nitrogens with zero attached hydrogens (tertiary/aromatic N) is 2. The van der Waals surface area contributed by atoms with Crippen LogP contribution in [0.3, 0.4) is 0 Å². The van der Waals surface area contributed by atoms with E-state index in [1.165, 1.54) is 19.3 Å². The summed E-state index contributed by atoms with van der Waals surface area (Å²) in [6.45, 7) is 12.2. The Hall–Kier alpha value is -3.65. The number of aliphatic hydroxyl groups excluding tert-OH is 1. The van der Waals surface area contributed by atoms with Crippen LogP contribution in [0.25, 0.3) is 0 Å². The van der Waals surface area contributed by atoms with Crippen molar-refractivity contribution in [1.82, 2.24) is 25.2 Å². The number of H-pyrrole nitrogens is 1. The summed E-state index contributed by atoms with van der Waals surface area (Å²) >= 11 is 0. The van der Waals surface area contributed by atoms with Gasteiger partial charge in [-0.05, 0) is 62.1 Å². The molecule has 1 aromatic carbocycles. The maximum Gasteiger partial charge on any atom is 0.244 e. The normalized spacial score (nSPS) is 17.3. The number of hydrogen-bond donors (Lipinski definition) is 4. The molecule has 2 aromatic heterocycles. The Morgan fingerprint density at radius 1 is 1.02 bits per heavy atom. The van der Waals surface area contributed by atoms with Gasteiger partial charge in [0.25, 0.3) is 0 Å². The second kappa shape index (κ2) is 16.6. The van der Waals surface area contributed by atoms with Crippen molar-refractivity contribution in [2.45, 2.75) is 110 Å². The standard InChI is InChI=1S/C37H53N5O3/c1-6-30(25(2)3)21-35(43)32(19-28-13-9-7-10-14-28)40-36(44)33(22-31-23-38-24-39-31)41-37(45)34(20-29-15-11-8-12-16-29)42-26(4)17-18-27(42)5/h6,8,11-12,15-18,23-25,28,30,32-35,43H,1,7,9-10,13-14,19-22H2,2-5H3,(H,38,39)(H,40,44)(H,41,45)/t30-,32-,33-,34-,35-/m0/s1. The first-order valence-corrected chi connectivity index (χ1v) is 16.7. The predicted molar refractivity (Wildman–Crippen MR) is 180 cm³/mol. The number of aliphatic hydroxyl groups is 1. The Kier molecular flexibility index (Phi) is 12.6. The number of aryl methyl sites for hydroxylation is 2. The van der Waals surface area contributed by atoms with Crippen LogP contribution in [0, 0.1) is 31.6 Å². The Morgan fingerprint density at radius 3 is 2.31 bits per heavy atom. The minimum atomic E-state index is -0.864. The SMILES string of the molecule is C=C[C@@H](C[C@H](O)[C@H](CC1CCCCC1)NC(=O)[C@H](Cc1c[nH]cn1)NC(=O)[C@H](Cc1ccccc1)n1c(C)ccc1C)C(C)C. The first-order chi connectivity index (χ1) is 21.7. The second-order valence-electron chi connectivity index (χ2n) is 13.3. The summed E-state index contributed by atoms with van der Waals surface area (Å²) in [5, 5.41) is 17.9. The molecule has 4 N–H and O–H groups in total. The number of nitrogens with one attached hydrogen (secondary N) is 3. The molecule has 1 fully saturated rings. The highest BCUT2D eigenvalue weighted by Crippen LogP contribution is 2.30. The minimum Gasteiger partial charge on any atom is -0.391 e. The minimum absolute atomic E-state index is 0.136. The number of carbonyl (C=O) groups is 2. The summed E-state index contributed by atoms with van der Waals surface area (Å²) in [5.74, 6) is 0.390. The van der Waals surface area contributed by atoms with Gasteiger partial charge in [0.1, 0.15) is 12.1 Å². The van der Waals surface area contributed by atoms with Crippen LogP contribution in [0.5, 0.6) is 0 Å². The first kappa shape index (κ1) is 34.2. The van der Waals surface area contributed by atoms with E-state index in [1.54, 1.807) is 12.5 Å². The molecule has 0 spiro atoms. The fourth-order valence-corrected chi connectivity index (χ4v) is 6.86. The quantitative estimate of drug-likeness (QED) is 0.148. The molecule has 2 heterocycles. The Morgan fingerprint density at radius 2 is 1.71 bits per heavy atom. The lowest BCUT2D eigenvalue weighted by Gasteiger charge is -2.33. The number of carbonyl (C=O) groups excluding carboxylic acids is 2. The van der Waals surface area contributed by atoms with Crippen LogP contribution in [0.2, 0.25) is 0 Å². The summed E-state index contributed by atoms with van der Waals surface area (Å²) in [6.07, 6.45) is 12.3. The van der Waals surface area contributed by atoms with Crippen molar-refractivity contribution in [3.8, 4) is 0 Å². The van der Waals surface area contributed by atoms with E-state index in [0.717, 1.165) is 36.2 Å². The number of imidazole rings is 1. The van der Waals surface area contributed by atoms with E-state index < -0.39 is 24.2 Å². The smallest absolute Gasteiger partial charge is 0.244 e. The highest BCUT2D eigenvalue weighted by molar-refractivity contribution is 5.89. The predicted octanol–water partition coefficient (Wildman–Crippen LogP) is 6.00. The summed E-state index contributed by atoms with van der Waals surface area (Å²) in [4.78, 5) is 35.7. The molecule has 1 saturated carbocycles. The van der Waals surface area contributed by atoms with Crippen molar-refractivity contribution in [2.75, 3.05) is 0 Å². The topological polar surface area (TPSA) is 112 Å². The van der Waals surface area contributed by atoms with E-state index in [0.29, 0.717) is 30.4 Å². The number of aromatic amines is 1. The molecule has 0 radical (unpaired) electrons. The maximum atomic E-state index is 14.2. The molecule has 8 nitrogen and oxygen atoms in total. The molecule has 45 heavy (non-hydrogen) atoms. The van der Waals surface area contributed by atoms with Gasteiger partial charge < -0.3 is 25.3 Å². The van der Waals surface area contributed by atoms with Gasteiger partial charge >= 0.3 is 0 Å². The fraction of sp³-hybridized carbons (Fsp3) is 0.541. The van der Waals surface area contributed by atoms with E-state index in [2.05, 4.69) is 41.0 Å². The molecular formula is C37H53N5O3. The maximum absolute atomic E-state index is 14.2. The van der Waals surface area contributed by atoms with Crippen molar-refractivity contribution >= 4 is 11.8 Å². The number of allylic oxidation sites excluding steroid dienone is 1. The van der Waals surface area contributed by atoms with Crippen LogP contribution in [0.1, 0.15) is 87.5 Å². The van der Waals surface area contributed by atoms with Crippen molar-refractivity contribution < 1.29 is 14.7 Å². The fourth-order valence-electron chi connectivity index (χ4n) is 6.86. The van der Waals surface area contributed by atoms with Gasteiger partial charge in [0, 0.05) is 30.4 Å². The third kappa shape index (κ3) is 9.67. The van der Waals surface area contributed by atoms with Gasteiger partial charge in [0.2, 0.25) is 11.8 Å². The molecule has 1 aliphatic rings. The first-order valence-electron chi connectivity index (χ1n) is 16.7. The largest absolute Gasteiger partial charge is 0.391 e. The van der Waals surface area contributed by atoms with E-state index in [1.807, 2.05) is 67.0 Å². The molecule has 0 unspecified atom stereocenters. The Balaban J connectivity index is 1.59. The van der Waals surface area contributed by atoms with Gasteiger partial charge in [-0.3, -0.25) is 9.59 Å². The number of hydrogen-bond acceptors (Lipinski definition) is 4. The highest BCUT2D eigenvalue weighted by Gasteiger charge is 2.33. The number of aromatic nitrogens is 3. The van der Waals surface area contributed by atoms with Crippen LogP contribution in [-0.2, 0) is 22.4 Å². The van der Waals surface area contributed by atoms with Crippen molar-refractivity contribution in [3.05, 3.63) is 90.3 Å². The van der Waals surface area contributed by atoms with Gasteiger partial charge in [-0.2, -0.15) is 0 Å². The lowest BCUT2D eigenvalue weighted by Crippen LogP contribution is -2.55. The zero-order valence-electron chi connectivity index (χ0n) is 27.5. The second-order valence-corrected chi connectivity index (χ2v) is 13.3. The van der Waals surface area contributed by atoms with Crippen molar-refractivity contribution in [2.24, 2.45) is 17.8 Å². The molecule has 5 atom stereocenters. The number of rotatable bonds is 16. The molecule has 1 aliphatic carbocycles. The van der Waals surface area contributed by atoms with Crippen molar-refractivity contribution in [3.63, 3.8) is 0 Å². The summed E-state index contributed by atoms with van der Waals surface area (Å²) in [6, 6.07) is 12.2. The summed E-state index contributed by atoms with van der Waals surface area (Å²) in [7, 11) is 0. The van der Waals surface area contributed by atoms with Gasteiger partial charge in [0.15, 0.2) is 0 Å². The lowest BCUT2D eigenvalue weighted by atomic mass is 9.81. The number of amides is 2. The molecule has 244 valence electrons. The Bertz CT molecular complexity index is 1320. The van der Waals surface area contributed by atoms with Gasteiger partial charge in [-0.1, -0.05) is 82.4 Å². The van der Waals surface area contributed by atoms with Crippen LogP contribution >= 0.6 is 0 Å². The molecule has 0 bridgehead atoms. The lowest BCUT2D eigenvalue weighted by molar-refractivity contribution is -0.131. The third-order valence-corrected chi connectivity index (χ3v) is 9.59. The molecule has 2 amide bonds. The van der Waals surface area contributed by atoms with Crippen LogP contribution in [0.15, 0.2) is 67.6 Å². The van der Waals surface area contributed by atoms with Gasteiger partial charge in [0.05, 0.1) is 24.2 Å². The monoisotopic (exact) mass is 615 g/mol. The average Bonchev–Trinajstić information content (AvgIpc) is 3.67. The van der Waals surface area contributed by atoms with E-state index in [-0.39, 0.29) is 24.2 Å². The molecule has 8 heteroatoms. The van der Waals surface area contributed by atoms with Gasteiger partial charge in [-0.25, -0.2) is 4.98 Å². The average molecular weight is 616 g/mol. The summed E-state index contributed by atoms with van der Waals surface area (Å²) in [5.41, 5.74) is 3.68. The van der Waals surface area contributed by atoms with Crippen molar-refractivity contribution in [1.29, 1.82) is 0 Å². The molecule has 4 rings (SSSR count). The third-order valence-electron chi connectivity index (χ3n) is 9.59. The zero-order chi connectivity index (χ0) is 32.3. The Labute approximate surface area is 269 Å². The molecule has 3 aromatic rings. The van der Waals surface area contributed by atoms with Crippen LogP contribution in [0.4, 0.5) is 0 Å². The van der Waals surface area contributed by atoms with Crippen LogP contribution in [-0.4, -0.2) is 49.6 Å². The van der Waals surface area contributed by atoms with E-state index in [9.17, 15) is 14.7 Å². The highest BCUT2D eigenvalue weighted by atomic mass is 16.3. The zero-order valence-corrected chi connectivity index (χ0v) is 27.5. The molecule has 0 saturated heterocycles.